The van der Waals surface area contributed by atoms with Crippen molar-refractivity contribution in [2.45, 2.75) is 32.9 Å². The number of sulfone groups is 1. The molecule has 2 aromatic carbocycles. The van der Waals surface area contributed by atoms with Gasteiger partial charge in [0.05, 0.1) is 31.1 Å². The molecule has 0 aliphatic carbocycles. The Kier molecular flexibility index (Phi) is 6.40. The SMILES string of the molecule is COc1ccc(CN(C(=O)c2cc(=O)c3cc(C)c(C)cc3o2)C2CCS(=O)(=O)C2)cc1OC. The van der Waals surface area contributed by atoms with Crippen molar-refractivity contribution < 1.29 is 27.1 Å². The predicted molar refractivity (Wildman–Crippen MR) is 128 cm³/mol. The minimum absolute atomic E-state index is 0.00746. The summed E-state index contributed by atoms with van der Waals surface area (Å²) in [5, 5.41) is 0.398. The van der Waals surface area contributed by atoms with E-state index in [-0.39, 0.29) is 29.2 Å². The van der Waals surface area contributed by atoms with Gasteiger partial charge in [0, 0.05) is 18.7 Å². The monoisotopic (exact) mass is 485 g/mol. The molecule has 1 fully saturated rings. The maximum atomic E-state index is 13.6. The van der Waals surface area contributed by atoms with E-state index in [1.165, 1.54) is 25.2 Å². The highest BCUT2D eigenvalue weighted by Gasteiger charge is 2.36. The maximum Gasteiger partial charge on any atom is 0.290 e. The largest absolute Gasteiger partial charge is 0.493 e. The van der Waals surface area contributed by atoms with Gasteiger partial charge in [0.1, 0.15) is 5.58 Å². The van der Waals surface area contributed by atoms with Crippen LogP contribution in [0.15, 0.2) is 45.6 Å². The summed E-state index contributed by atoms with van der Waals surface area (Å²) in [5.41, 5.74) is 2.61. The van der Waals surface area contributed by atoms with Crippen LogP contribution in [0.3, 0.4) is 0 Å². The van der Waals surface area contributed by atoms with E-state index in [4.69, 9.17) is 13.9 Å². The lowest BCUT2D eigenvalue weighted by Crippen LogP contribution is -2.41. The topological polar surface area (TPSA) is 103 Å². The van der Waals surface area contributed by atoms with Gasteiger partial charge < -0.3 is 18.8 Å². The van der Waals surface area contributed by atoms with Crippen LogP contribution in [0.1, 0.15) is 33.7 Å². The fourth-order valence-electron chi connectivity index (χ4n) is 4.22. The van der Waals surface area contributed by atoms with E-state index < -0.39 is 21.8 Å². The number of hydrogen-bond donors (Lipinski definition) is 0. The number of aryl methyl sites for hydroxylation is 2. The van der Waals surface area contributed by atoms with Crippen LogP contribution in [0.5, 0.6) is 11.5 Å². The first-order valence-corrected chi connectivity index (χ1v) is 12.7. The van der Waals surface area contributed by atoms with Crippen LogP contribution >= 0.6 is 0 Å². The van der Waals surface area contributed by atoms with E-state index >= 15 is 0 Å². The highest BCUT2D eigenvalue weighted by Crippen LogP contribution is 2.30. The molecule has 1 unspecified atom stereocenters. The summed E-state index contributed by atoms with van der Waals surface area (Å²) < 4.78 is 40.9. The Hall–Kier alpha value is -3.33. The van der Waals surface area contributed by atoms with Crippen molar-refractivity contribution in [1.29, 1.82) is 0 Å². The van der Waals surface area contributed by atoms with E-state index in [1.807, 2.05) is 13.8 Å². The zero-order valence-electron chi connectivity index (χ0n) is 19.6. The molecule has 2 heterocycles. The van der Waals surface area contributed by atoms with Crippen molar-refractivity contribution in [3.05, 3.63) is 69.1 Å². The Balaban J connectivity index is 1.75. The highest BCUT2D eigenvalue weighted by atomic mass is 32.2. The van der Waals surface area contributed by atoms with Crippen molar-refractivity contribution >= 4 is 26.7 Å². The number of amides is 1. The molecule has 0 radical (unpaired) electrons. The fraction of sp³-hybridized carbons (Fsp3) is 0.360. The van der Waals surface area contributed by atoms with Crippen LogP contribution < -0.4 is 14.9 Å². The van der Waals surface area contributed by atoms with Gasteiger partial charge >= 0.3 is 0 Å². The second kappa shape index (κ2) is 9.13. The third kappa shape index (κ3) is 4.65. The highest BCUT2D eigenvalue weighted by molar-refractivity contribution is 7.91. The summed E-state index contributed by atoms with van der Waals surface area (Å²) in [6, 6.07) is 9.39. The van der Waals surface area contributed by atoms with Crippen LogP contribution in [0.25, 0.3) is 11.0 Å². The van der Waals surface area contributed by atoms with Gasteiger partial charge in [-0.3, -0.25) is 9.59 Å². The number of rotatable bonds is 6. The smallest absolute Gasteiger partial charge is 0.290 e. The summed E-state index contributed by atoms with van der Waals surface area (Å²) >= 11 is 0. The van der Waals surface area contributed by atoms with Gasteiger partial charge in [0.2, 0.25) is 0 Å². The van der Waals surface area contributed by atoms with E-state index in [0.717, 1.165) is 16.7 Å². The number of fused-ring (bicyclic) bond motifs is 1. The predicted octanol–water partition coefficient (Wildman–Crippen LogP) is 3.26. The molecule has 4 rings (SSSR count). The molecule has 0 N–H and O–H groups in total. The molecule has 3 aromatic rings. The second-order valence-electron chi connectivity index (χ2n) is 8.59. The Labute approximate surface area is 198 Å². The van der Waals surface area contributed by atoms with Gasteiger partial charge in [-0.05, 0) is 61.2 Å². The van der Waals surface area contributed by atoms with Gasteiger partial charge in [-0.1, -0.05) is 6.07 Å². The quantitative estimate of drug-likeness (QED) is 0.528. The van der Waals surface area contributed by atoms with Crippen molar-refractivity contribution in [3.63, 3.8) is 0 Å². The molecular weight excluding hydrogens is 458 g/mol. The molecule has 34 heavy (non-hydrogen) atoms. The number of carbonyl (C=O) groups excluding carboxylic acids is 1. The number of nitrogens with zero attached hydrogens (tertiary/aromatic N) is 1. The van der Waals surface area contributed by atoms with Crippen molar-refractivity contribution in [1.82, 2.24) is 4.90 Å². The van der Waals surface area contributed by atoms with Crippen LogP contribution in [-0.2, 0) is 16.4 Å². The molecule has 1 aromatic heterocycles. The lowest BCUT2D eigenvalue weighted by Gasteiger charge is -2.28. The summed E-state index contributed by atoms with van der Waals surface area (Å²) in [4.78, 5) is 27.9. The Morgan fingerprint density at radius 1 is 1.06 bits per heavy atom. The average Bonchev–Trinajstić information content (AvgIpc) is 3.17. The maximum absolute atomic E-state index is 13.6. The molecule has 1 saturated heterocycles. The minimum Gasteiger partial charge on any atom is -0.493 e. The number of ether oxygens (including phenoxy) is 2. The van der Waals surface area contributed by atoms with Crippen LogP contribution in [0.2, 0.25) is 0 Å². The molecule has 1 amide bonds. The summed E-state index contributed by atoms with van der Waals surface area (Å²) in [5.74, 6) is 0.253. The van der Waals surface area contributed by atoms with E-state index in [0.29, 0.717) is 28.9 Å². The van der Waals surface area contributed by atoms with Gasteiger partial charge in [0.25, 0.3) is 5.91 Å². The molecule has 0 spiro atoms. The van der Waals surface area contributed by atoms with Crippen molar-refractivity contribution in [2.24, 2.45) is 0 Å². The van der Waals surface area contributed by atoms with Gasteiger partial charge in [-0.15, -0.1) is 0 Å². The number of carbonyl (C=O) groups is 1. The summed E-state index contributed by atoms with van der Waals surface area (Å²) in [6.07, 6.45) is 0.317. The number of hydrogen-bond acceptors (Lipinski definition) is 7. The van der Waals surface area contributed by atoms with Crippen molar-refractivity contribution in [2.75, 3.05) is 25.7 Å². The molecule has 0 bridgehead atoms. The molecule has 9 heteroatoms. The Morgan fingerprint density at radius 2 is 1.76 bits per heavy atom. The fourth-order valence-corrected chi connectivity index (χ4v) is 5.95. The van der Waals surface area contributed by atoms with Crippen molar-refractivity contribution in [3.8, 4) is 11.5 Å². The van der Waals surface area contributed by atoms with E-state index in [1.54, 1.807) is 30.3 Å². The minimum atomic E-state index is -3.26. The second-order valence-corrected chi connectivity index (χ2v) is 10.8. The molecule has 8 nitrogen and oxygen atoms in total. The van der Waals surface area contributed by atoms with E-state index in [2.05, 4.69) is 0 Å². The number of benzene rings is 2. The Bertz CT molecular complexity index is 1430. The Morgan fingerprint density at radius 3 is 2.41 bits per heavy atom. The third-order valence-electron chi connectivity index (χ3n) is 6.27. The van der Waals surface area contributed by atoms with Gasteiger partial charge in [-0.25, -0.2) is 8.42 Å². The van der Waals surface area contributed by atoms with Crippen LogP contribution in [-0.4, -0.2) is 51.0 Å². The molecule has 180 valence electrons. The van der Waals surface area contributed by atoms with Gasteiger partial charge in [0.15, 0.2) is 32.5 Å². The zero-order chi connectivity index (χ0) is 24.6. The average molecular weight is 486 g/mol. The molecular formula is C25H27NO7S. The first-order valence-electron chi connectivity index (χ1n) is 10.9. The summed E-state index contributed by atoms with van der Waals surface area (Å²) in [6.45, 7) is 3.92. The lowest BCUT2D eigenvalue weighted by atomic mass is 10.1. The first-order chi connectivity index (χ1) is 16.1. The zero-order valence-corrected chi connectivity index (χ0v) is 20.4. The first kappa shape index (κ1) is 23.8. The van der Waals surface area contributed by atoms with Crippen LogP contribution in [0.4, 0.5) is 0 Å². The molecule has 1 atom stereocenters. The molecule has 1 aliphatic rings. The van der Waals surface area contributed by atoms with Gasteiger partial charge in [-0.2, -0.15) is 0 Å². The molecule has 0 saturated carbocycles. The molecule has 1 aliphatic heterocycles. The van der Waals surface area contributed by atoms with Crippen LogP contribution in [0, 0.1) is 13.8 Å². The normalized spacial score (nSPS) is 17.0. The lowest BCUT2D eigenvalue weighted by molar-refractivity contribution is 0.0648. The standard InChI is InChI=1S/C25H27NO7S/c1-15-9-19-20(27)12-24(33-22(19)10-16(15)2)25(28)26(18-7-8-34(29,30)14-18)13-17-5-6-21(31-3)23(11-17)32-4/h5-6,9-12,18H,7-8,13-14H2,1-4H3. The summed E-state index contributed by atoms with van der Waals surface area (Å²) in [7, 11) is -0.211. The third-order valence-corrected chi connectivity index (χ3v) is 8.02. The number of methoxy groups -OCH3 is 2. The van der Waals surface area contributed by atoms with E-state index in [9.17, 15) is 18.0 Å².